The van der Waals surface area contributed by atoms with Crippen molar-refractivity contribution in [2.75, 3.05) is 39.3 Å². The van der Waals surface area contributed by atoms with Gasteiger partial charge in [0.1, 0.15) is 0 Å². The van der Waals surface area contributed by atoms with Crippen molar-refractivity contribution in [3.05, 3.63) is 60.7 Å². The van der Waals surface area contributed by atoms with Crippen LogP contribution in [0, 0.1) is 0 Å². The number of hydrogen-bond donors (Lipinski definition) is 2. The van der Waals surface area contributed by atoms with Gasteiger partial charge in [-0.25, -0.2) is 26.3 Å². The van der Waals surface area contributed by atoms with E-state index in [0.717, 1.165) is 26.2 Å². The lowest BCUT2D eigenvalue weighted by atomic mass is 10.0. The van der Waals surface area contributed by atoms with Crippen LogP contribution in [-0.2, 0) is 20.0 Å². The lowest BCUT2D eigenvalue weighted by Gasteiger charge is -2.41. The average molecular weight is 509 g/mol. The van der Waals surface area contributed by atoms with Crippen molar-refractivity contribution in [2.24, 2.45) is 0 Å². The first-order chi connectivity index (χ1) is 15.8. The largest absolute Gasteiger partial charge is 0.299 e. The Labute approximate surface area is 204 Å². The molecule has 0 bridgehead atoms. The van der Waals surface area contributed by atoms with Crippen LogP contribution in [0.15, 0.2) is 70.5 Å². The summed E-state index contributed by atoms with van der Waals surface area (Å²) in [6.07, 6.45) is 0. The number of nitrogens with zero attached hydrogens (tertiary/aromatic N) is 2. The highest BCUT2D eigenvalue weighted by atomic mass is 32.2. The van der Waals surface area contributed by atoms with E-state index in [4.69, 9.17) is 0 Å². The van der Waals surface area contributed by atoms with E-state index in [1.54, 1.807) is 60.7 Å². The highest BCUT2D eigenvalue weighted by Gasteiger charge is 2.32. The van der Waals surface area contributed by atoms with Gasteiger partial charge in [0.05, 0.1) is 9.79 Å². The SMILES string of the molecule is CC(C)(CN1CCN(CC(C)(C)NS(=O)(=O)c2ccccc2)CC1)NS(=O)(=O)c1ccccc1. The molecule has 3 rings (SSSR count). The zero-order chi connectivity index (χ0) is 25.0. The van der Waals surface area contributed by atoms with Crippen LogP contribution < -0.4 is 9.44 Å². The third kappa shape index (κ3) is 7.59. The van der Waals surface area contributed by atoms with Crippen LogP contribution in [0.1, 0.15) is 27.7 Å². The fourth-order valence-corrected chi connectivity index (χ4v) is 7.18. The van der Waals surface area contributed by atoms with Crippen LogP contribution in [0.4, 0.5) is 0 Å². The van der Waals surface area contributed by atoms with Gasteiger partial charge in [-0.2, -0.15) is 0 Å². The first-order valence-corrected chi connectivity index (χ1v) is 14.4. The van der Waals surface area contributed by atoms with Gasteiger partial charge in [-0.1, -0.05) is 36.4 Å². The zero-order valence-electron chi connectivity index (χ0n) is 20.4. The van der Waals surface area contributed by atoms with Crippen molar-refractivity contribution in [1.29, 1.82) is 0 Å². The normalized spacial score (nSPS) is 17.1. The van der Waals surface area contributed by atoms with Gasteiger partial charge in [0.25, 0.3) is 0 Å². The van der Waals surface area contributed by atoms with Gasteiger partial charge in [0.15, 0.2) is 0 Å². The van der Waals surface area contributed by atoms with Gasteiger partial charge < -0.3 is 0 Å². The number of benzene rings is 2. The molecule has 0 amide bonds. The zero-order valence-corrected chi connectivity index (χ0v) is 22.0. The third-order valence-electron chi connectivity index (χ3n) is 5.63. The predicted molar refractivity (Wildman–Crippen MR) is 135 cm³/mol. The minimum Gasteiger partial charge on any atom is -0.299 e. The summed E-state index contributed by atoms with van der Waals surface area (Å²) >= 11 is 0. The first kappa shape index (κ1) is 26.8. The number of sulfonamides is 2. The number of hydrogen-bond acceptors (Lipinski definition) is 6. The molecule has 2 N–H and O–H groups in total. The first-order valence-electron chi connectivity index (χ1n) is 11.4. The van der Waals surface area contributed by atoms with Crippen molar-refractivity contribution >= 4 is 20.0 Å². The number of rotatable bonds is 10. The predicted octanol–water partition coefficient (Wildman–Crippen LogP) is 2.12. The summed E-state index contributed by atoms with van der Waals surface area (Å²) in [5, 5.41) is 0. The molecule has 8 nitrogen and oxygen atoms in total. The van der Waals surface area contributed by atoms with E-state index >= 15 is 0 Å². The standard InChI is InChI=1S/C24H36N4O4S2/c1-23(2,25-33(29,30)21-11-7-5-8-12-21)19-27-15-17-28(18-16-27)20-24(3,4)26-34(31,32)22-13-9-6-10-14-22/h5-14,25-26H,15-20H2,1-4H3. The molecule has 0 spiro atoms. The van der Waals surface area contributed by atoms with Gasteiger partial charge in [0.2, 0.25) is 20.0 Å². The molecule has 0 unspecified atom stereocenters. The van der Waals surface area contributed by atoms with Gasteiger partial charge in [0, 0.05) is 50.3 Å². The van der Waals surface area contributed by atoms with E-state index in [9.17, 15) is 16.8 Å². The molecule has 1 saturated heterocycles. The van der Waals surface area contributed by atoms with E-state index in [1.165, 1.54) is 0 Å². The molecule has 1 aliphatic heterocycles. The summed E-state index contributed by atoms with van der Waals surface area (Å²) in [5.74, 6) is 0. The average Bonchev–Trinajstić information content (AvgIpc) is 2.74. The maximum Gasteiger partial charge on any atom is 0.241 e. The van der Waals surface area contributed by atoms with E-state index < -0.39 is 31.1 Å². The van der Waals surface area contributed by atoms with Crippen molar-refractivity contribution in [3.8, 4) is 0 Å². The highest BCUT2D eigenvalue weighted by molar-refractivity contribution is 7.89. The van der Waals surface area contributed by atoms with Crippen LogP contribution in [0.5, 0.6) is 0 Å². The van der Waals surface area contributed by atoms with Gasteiger partial charge in [-0.15, -0.1) is 0 Å². The van der Waals surface area contributed by atoms with Crippen LogP contribution in [0.3, 0.4) is 0 Å². The molecule has 10 heteroatoms. The molecule has 0 radical (unpaired) electrons. The molecule has 1 aliphatic rings. The second-order valence-electron chi connectivity index (χ2n) is 10.2. The molecule has 2 aromatic rings. The Morgan fingerprint density at radius 3 is 1.21 bits per heavy atom. The molecule has 1 heterocycles. The fraction of sp³-hybridized carbons (Fsp3) is 0.500. The Morgan fingerprint density at radius 2 is 0.912 bits per heavy atom. The van der Waals surface area contributed by atoms with Gasteiger partial charge in [-0.3, -0.25) is 9.80 Å². The monoisotopic (exact) mass is 508 g/mol. The second kappa shape index (κ2) is 10.4. The molecule has 0 aliphatic carbocycles. The van der Waals surface area contributed by atoms with E-state index in [2.05, 4.69) is 19.2 Å². The Hall–Kier alpha value is -1.82. The van der Waals surface area contributed by atoms with Crippen LogP contribution in [-0.4, -0.2) is 77.0 Å². The molecule has 0 saturated carbocycles. The summed E-state index contributed by atoms with van der Waals surface area (Å²) < 4.78 is 56.5. The third-order valence-corrected chi connectivity index (χ3v) is 9.06. The van der Waals surface area contributed by atoms with Crippen molar-refractivity contribution in [2.45, 2.75) is 48.6 Å². The molecule has 188 valence electrons. The van der Waals surface area contributed by atoms with Crippen LogP contribution in [0.2, 0.25) is 0 Å². The quantitative estimate of drug-likeness (QED) is 0.510. The molecular formula is C24H36N4O4S2. The maximum absolute atomic E-state index is 12.7. The molecule has 0 aromatic heterocycles. The Balaban J connectivity index is 1.51. The van der Waals surface area contributed by atoms with E-state index in [0.29, 0.717) is 13.1 Å². The lowest BCUT2D eigenvalue weighted by molar-refractivity contribution is 0.0981. The minimum atomic E-state index is -3.60. The van der Waals surface area contributed by atoms with Crippen molar-refractivity contribution in [3.63, 3.8) is 0 Å². The highest BCUT2D eigenvalue weighted by Crippen LogP contribution is 2.18. The summed E-state index contributed by atoms with van der Waals surface area (Å²) in [6, 6.07) is 16.8. The maximum atomic E-state index is 12.7. The minimum absolute atomic E-state index is 0.257. The van der Waals surface area contributed by atoms with Crippen LogP contribution in [0.25, 0.3) is 0 Å². The summed E-state index contributed by atoms with van der Waals surface area (Å²) in [7, 11) is -7.19. The molecule has 1 fully saturated rings. The smallest absolute Gasteiger partial charge is 0.241 e. The topological polar surface area (TPSA) is 98.8 Å². The summed E-state index contributed by atoms with van der Waals surface area (Å²) in [4.78, 5) is 5.00. The fourth-order valence-electron chi connectivity index (χ4n) is 4.33. The lowest BCUT2D eigenvalue weighted by Crippen LogP contribution is -2.58. The molecule has 0 atom stereocenters. The van der Waals surface area contributed by atoms with Crippen molar-refractivity contribution in [1.82, 2.24) is 19.2 Å². The van der Waals surface area contributed by atoms with E-state index in [1.807, 2.05) is 27.7 Å². The summed E-state index contributed by atoms with van der Waals surface area (Å²) in [5.41, 5.74) is -1.27. The summed E-state index contributed by atoms with van der Waals surface area (Å²) in [6.45, 7) is 11.8. The number of nitrogens with one attached hydrogen (secondary N) is 2. The molecular weight excluding hydrogens is 472 g/mol. The van der Waals surface area contributed by atoms with Crippen LogP contribution >= 0.6 is 0 Å². The Kier molecular flexibility index (Phi) is 8.22. The Morgan fingerprint density at radius 1 is 0.618 bits per heavy atom. The molecule has 34 heavy (non-hydrogen) atoms. The Bertz CT molecular complexity index is 1050. The van der Waals surface area contributed by atoms with Crippen molar-refractivity contribution < 1.29 is 16.8 Å². The van der Waals surface area contributed by atoms with Gasteiger partial charge in [-0.05, 0) is 52.0 Å². The molecule has 2 aromatic carbocycles. The number of piperazine rings is 1. The van der Waals surface area contributed by atoms with Gasteiger partial charge >= 0.3 is 0 Å². The second-order valence-corrected chi connectivity index (χ2v) is 13.5. The van der Waals surface area contributed by atoms with E-state index in [-0.39, 0.29) is 9.79 Å².